The number of alkyl halides is 1. The first-order valence-corrected chi connectivity index (χ1v) is 8.36. The molecule has 0 saturated carbocycles. The maximum absolute atomic E-state index is 7.01. The van der Waals surface area contributed by atoms with Crippen LogP contribution in [0.4, 0.5) is 0 Å². The van der Waals surface area contributed by atoms with Crippen molar-refractivity contribution < 1.29 is 0 Å². The van der Waals surface area contributed by atoms with E-state index in [1.54, 1.807) is 5.57 Å². The molecule has 0 saturated heterocycles. The first-order chi connectivity index (χ1) is 9.76. The maximum Gasteiger partial charge on any atom is 0.0842 e. The number of benzene rings is 1. The van der Waals surface area contributed by atoms with Crippen LogP contribution in [-0.2, 0) is 0 Å². The Balaban J connectivity index is 2.28. The molecule has 0 N–H and O–H groups in total. The summed E-state index contributed by atoms with van der Waals surface area (Å²) in [6, 6.07) is 6.72. The van der Waals surface area contributed by atoms with Crippen molar-refractivity contribution in [2.75, 3.05) is 0 Å². The summed E-state index contributed by atoms with van der Waals surface area (Å²) in [4.78, 5) is -0.338. The fourth-order valence-electron chi connectivity index (χ4n) is 4.62. The maximum atomic E-state index is 7.01. The molecule has 0 heterocycles. The van der Waals surface area contributed by atoms with Crippen LogP contribution in [0.1, 0.15) is 63.1 Å². The number of aryl methyl sites for hydroxylation is 1. The lowest BCUT2D eigenvalue weighted by atomic mass is 9.62. The molecule has 2 aliphatic carbocycles. The number of fused-ring (bicyclic) bond motifs is 1. The van der Waals surface area contributed by atoms with Gasteiger partial charge in [0.1, 0.15) is 0 Å². The zero-order valence-electron chi connectivity index (χ0n) is 13.9. The Morgan fingerprint density at radius 2 is 1.71 bits per heavy atom. The molecule has 2 aliphatic rings. The Hall–Kier alpha value is -1.01. The second-order valence-corrected chi connectivity index (χ2v) is 7.79. The summed E-state index contributed by atoms with van der Waals surface area (Å²) < 4.78 is 0. The van der Waals surface area contributed by atoms with Gasteiger partial charge in [-0.15, -0.1) is 11.6 Å². The minimum atomic E-state index is -0.338. The summed E-state index contributed by atoms with van der Waals surface area (Å²) in [5.74, 6) is 1.35. The Labute approximate surface area is 133 Å². The van der Waals surface area contributed by atoms with Crippen LogP contribution in [0.2, 0.25) is 0 Å². The number of allylic oxidation sites excluding steroid dienone is 4. The zero-order valence-corrected chi connectivity index (χ0v) is 14.7. The molecule has 0 spiro atoms. The number of hydrogen-bond acceptors (Lipinski definition) is 0. The summed E-state index contributed by atoms with van der Waals surface area (Å²) in [5.41, 5.74) is 8.68. The molecule has 1 aromatic rings. The molecule has 3 rings (SSSR count). The van der Waals surface area contributed by atoms with Crippen LogP contribution >= 0.6 is 11.6 Å². The first kappa shape index (κ1) is 14.9. The summed E-state index contributed by atoms with van der Waals surface area (Å²) in [7, 11) is 0. The van der Waals surface area contributed by atoms with Crippen LogP contribution < -0.4 is 0 Å². The van der Waals surface area contributed by atoms with Crippen molar-refractivity contribution in [3.05, 3.63) is 57.7 Å². The van der Waals surface area contributed by atoms with Crippen LogP contribution in [0.25, 0.3) is 0 Å². The van der Waals surface area contributed by atoms with Gasteiger partial charge in [-0.25, -0.2) is 0 Å². The molecule has 0 radical (unpaired) electrons. The molecule has 0 amide bonds. The Kier molecular flexibility index (Phi) is 3.37. The lowest BCUT2D eigenvalue weighted by Crippen LogP contribution is -2.35. The Bertz CT molecular complexity index is 660. The van der Waals surface area contributed by atoms with Crippen molar-refractivity contribution in [2.24, 2.45) is 5.92 Å². The van der Waals surface area contributed by atoms with E-state index >= 15 is 0 Å². The molecule has 1 heteroatoms. The van der Waals surface area contributed by atoms with Gasteiger partial charge < -0.3 is 0 Å². The van der Waals surface area contributed by atoms with E-state index in [0.29, 0.717) is 17.8 Å². The molecule has 0 bridgehead atoms. The summed E-state index contributed by atoms with van der Waals surface area (Å²) >= 11 is 7.01. The van der Waals surface area contributed by atoms with E-state index in [1.165, 1.54) is 27.8 Å². The van der Waals surface area contributed by atoms with Gasteiger partial charge in [0.25, 0.3) is 0 Å². The fraction of sp³-hybridized carbons (Fsp3) is 0.500. The molecule has 21 heavy (non-hydrogen) atoms. The molecular weight excluding hydrogens is 276 g/mol. The molecule has 0 fully saturated rings. The quantitative estimate of drug-likeness (QED) is 0.401. The predicted molar refractivity (Wildman–Crippen MR) is 92.2 cm³/mol. The van der Waals surface area contributed by atoms with Gasteiger partial charge in [-0.3, -0.25) is 0 Å². The molecule has 4 atom stereocenters. The van der Waals surface area contributed by atoms with Crippen molar-refractivity contribution >= 4 is 11.6 Å². The van der Waals surface area contributed by atoms with Crippen molar-refractivity contribution in [3.63, 3.8) is 0 Å². The minimum absolute atomic E-state index is 0.338. The van der Waals surface area contributed by atoms with Crippen molar-refractivity contribution in [1.29, 1.82) is 0 Å². The van der Waals surface area contributed by atoms with E-state index in [1.807, 2.05) is 0 Å². The molecule has 112 valence electrons. The zero-order chi connectivity index (χ0) is 15.5. The molecule has 0 nitrogen and oxygen atoms in total. The molecular formula is C20H25Cl. The molecule has 0 aliphatic heterocycles. The van der Waals surface area contributed by atoms with Gasteiger partial charge in [-0.05, 0) is 49.0 Å². The predicted octanol–water partition coefficient (Wildman–Crippen LogP) is 6.11. The van der Waals surface area contributed by atoms with Gasteiger partial charge in [0, 0.05) is 11.8 Å². The van der Waals surface area contributed by atoms with Gasteiger partial charge in [0.05, 0.1) is 4.87 Å². The van der Waals surface area contributed by atoms with Gasteiger partial charge in [0.2, 0.25) is 0 Å². The highest BCUT2D eigenvalue weighted by Crippen LogP contribution is 2.55. The van der Waals surface area contributed by atoms with E-state index in [4.69, 9.17) is 11.6 Å². The van der Waals surface area contributed by atoms with Crippen LogP contribution in [0.5, 0.6) is 0 Å². The highest BCUT2D eigenvalue weighted by atomic mass is 35.5. The fourth-order valence-corrected chi connectivity index (χ4v) is 4.95. The van der Waals surface area contributed by atoms with Crippen LogP contribution in [0.3, 0.4) is 0 Å². The number of rotatable bonds is 0. The summed E-state index contributed by atoms with van der Waals surface area (Å²) in [5, 5.41) is 0. The van der Waals surface area contributed by atoms with E-state index in [9.17, 15) is 0 Å². The second kappa shape index (κ2) is 4.74. The molecule has 4 unspecified atom stereocenters. The third-order valence-electron chi connectivity index (χ3n) is 5.70. The third kappa shape index (κ3) is 1.95. The molecule has 1 aromatic carbocycles. The normalized spacial score (nSPS) is 35.2. The van der Waals surface area contributed by atoms with Crippen LogP contribution in [0, 0.1) is 12.8 Å². The van der Waals surface area contributed by atoms with E-state index in [-0.39, 0.29) is 4.87 Å². The van der Waals surface area contributed by atoms with Crippen molar-refractivity contribution in [2.45, 2.75) is 58.3 Å². The first-order valence-electron chi connectivity index (χ1n) is 7.98. The number of halogens is 1. The van der Waals surface area contributed by atoms with Crippen molar-refractivity contribution in [3.8, 4) is 0 Å². The Morgan fingerprint density at radius 1 is 1.05 bits per heavy atom. The number of hydrogen-bond donors (Lipinski definition) is 0. The smallest absolute Gasteiger partial charge is 0.0842 e. The van der Waals surface area contributed by atoms with E-state index < -0.39 is 0 Å². The van der Waals surface area contributed by atoms with Gasteiger partial charge >= 0.3 is 0 Å². The van der Waals surface area contributed by atoms with E-state index in [0.717, 1.165) is 0 Å². The minimum Gasteiger partial charge on any atom is -0.110 e. The molecule has 0 aromatic heterocycles. The Morgan fingerprint density at radius 3 is 2.38 bits per heavy atom. The highest BCUT2D eigenvalue weighted by Gasteiger charge is 2.43. The van der Waals surface area contributed by atoms with Crippen LogP contribution in [-0.4, -0.2) is 4.87 Å². The lowest BCUT2D eigenvalue weighted by molar-refractivity contribution is 0.583. The third-order valence-corrected chi connectivity index (χ3v) is 6.21. The van der Waals surface area contributed by atoms with Crippen LogP contribution in [0.15, 0.2) is 41.0 Å². The monoisotopic (exact) mass is 300 g/mol. The SMILES string of the molecule is CC1=CC(C)C2=C(C(C)c3c(C)cccc3C2C)C1(C)Cl. The van der Waals surface area contributed by atoms with Crippen molar-refractivity contribution in [1.82, 2.24) is 0 Å². The summed E-state index contributed by atoms with van der Waals surface area (Å²) in [6.07, 6.45) is 2.36. The average Bonchev–Trinajstić information content (AvgIpc) is 2.40. The standard InChI is InChI=1S/C20H25Cl/c1-11-8-7-9-16-14(4)18-12(2)10-13(3)20(6,21)19(18)15(5)17(11)16/h7-10,12,14-15H,1-6H3. The second-order valence-electron chi connectivity index (χ2n) is 7.03. The average molecular weight is 301 g/mol. The van der Waals surface area contributed by atoms with Gasteiger partial charge in [-0.1, -0.05) is 56.2 Å². The largest absolute Gasteiger partial charge is 0.110 e. The van der Waals surface area contributed by atoms with Gasteiger partial charge in [0.15, 0.2) is 0 Å². The van der Waals surface area contributed by atoms with Gasteiger partial charge in [-0.2, -0.15) is 0 Å². The summed E-state index contributed by atoms with van der Waals surface area (Å²) in [6.45, 7) is 13.6. The lowest BCUT2D eigenvalue weighted by Gasteiger charge is -2.45. The topological polar surface area (TPSA) is 0 Å². The highest BCUT2D eigenvalue weighted by molar-refractivity contribution is 6.28. The van der Waals surface area contributed by atoms with E-state index in [2.05, 4.69) is 65.8 Å².